The van der Waals surface area contributed by atoms with Crippen molar-refractivity contribution in [2.24, 2.45) is 16.6 Å². The molecule has 0 aromatic carbocycles. The summed E-state index contributed by atoms with van der Waals surface area (Å²) in [5, 5.41) is 0. The molecular weight excluding hydrogens is 124 g/mol. The second-order valence-corrected chi connectivity index (χ2v) is 2.90. The van der Waals surface area contributed by atoms with Gasteiger partial charge in [-0.1, -0.05) is 20.3 Å². The van der Waals surface area contributed by atoms with Gasteiger partial charge in [-0.15, -0.1) is 0 Å². The van der Waals surface area contributed by atoms with Crippen LogP contribution in [0.4, 0.5) is 0 Å². The average Bonchev–Trinajstić information content (AvgIpc) is 1.85. The number of aliphatic imine (C=N–C) groups is 1. The van der Waals surface area contributed by atoms with Crippen LogP contribution in [0.1, 0.15) is 34.1 Å². The van der Waals surface area contributed by atoms with Crippen molar-refractivity contribution >= 4 is 5.84 Å². The highest BCUT2D eigenvalue weighted by atomic mass is 14.9. The number of nitrogens with zero attached hydrogens (tertiary/aromatic N) is 1. The van der Waals surface area contributed by atoms with Crippen LogP contribution in [0.2, 0.25) is 0 Å². The molecule has 0 heterocycles. The predicted molar refractivity (Wildman–Crippen MR) is 46.2 cm³/mol. The summed E-state index contributed by atoms with van der Waals surface area (Å²) in [6.45, 7) is 8.29. The monoisotopic (exact) mass is 142 g/mol. The van der Waals surface area contributed by atoms with Gasteiger partial charge < -0.3 is 5.73 Å². The maximum absolute atomic E-state index is 5.44. The molecule has 2 atom stereocenters. The fraction of sp³-hybridized carbons (Fsp3) is 0.875. The minimum absolute atomic E-state index is 0.370. The molecule has 2 nitrogen and oxygen atoms in total. The Morgan fingerprint density at radius 1 is 1.50 bits per heavy atom. The Hall–Kier alpha value is -0.530. The molecule has 0 rings (SSSR count). The molecule has 0 radical (unpaired) electrons. The summed E-state index contributed by atoms with van der Waals surface area (Å²) in [4.78, 5) is 4.24. The molecule has 0 aromatic rings. The van der Waals surface area contributed by atoms with Crippen molar-refractivity contribution in [3.63, 3.8) is 0 Å². The van der Waals surface area contributed by atoms with E-state index in [0.29, 0.717) is 17.8 Å². The zero-order chi connectivity index (χ0) is 8.15. The van der Waals surface area contributed by atoms with E-state index in [-0.39, 0.29) is 0 Å². The lowest BCUT2D eigenvalue weighted by Crippen LogP contribution is -2.16. The van der Waals surface area contributed by atoms with Crippen LogP contribution in [0.3, 0.4) is 0 Å². The smallest absolute Gasteiger partial charge is 0.0909 e. The Morgan fingerprint density at radius 2 is 2.00 bits per heavy atom. The van der Waals surface area contributed by atoms with Crippen molar-refractivity contribution in [3.8, 4) is 0 Å². The van der Waals surface area contributed by atoms with Crippen LogP contribution >= 0.6 is 0 Å². The summed E-state index contributed by atoms with van der Waals surface area (Å²) in [6.07, 6.45) is 1.16. The molecule has 0 amide bonds. The quantitative estimate of drug-likeness (QED) is 0.473. The maximum Gasteiger partial charge on any atom is 0.0909 e. The van der Waals surface area contributed by atoms with Crippen LogP contribution in [0.15, 0.2) is 4.99 Å². The van der Waals surface area contributed by atoms with E-state index >= 15 is 0 Å². The van der Waals surface area contributed by atoms with Gasteiger partial charge in [0.15, 0.2) is 0 Å². The topological polar surface area (TPSA) is 38.4 Å². The molecule has 0 spiro atoms. The second kappa shape index (κ2) is 4.31. The summed E-state index contributed by atoms with van der Waals surface area (Å²) in [5.41, 5.74) is 5.44. The third kappa shape index (κ3) is 3.49. The van der Waals surface area contributed by atoms with Crippen molar-refractivity contribution in [1.82, 2.24) is 0 Å². The van der Waals surface area contributed by atoms with E-state index in [2.05, 4.69) is 25.8 Å². The Kier molecular flexibility index (Phi) is 4.08. The van der Waals surface area contributed by atoms with E-state index in [1.807, 2.05) is 6.92 Å². The van der Waals surface area contributed by atoms with E-state index in [4.69, 9.17) is 5.73 Å². The highest BCUT2D eigenvalue weighted by Gasteiger charge is 2.07. The van der Waals surface area contributed by atoms with Crippen LogP contribution in [-0.4, -0.2) is 11.9 Å². The van der Waals surface area contributed by atoms with E-state index in [0.717, 1.165) is 6.42 Å². The second-order valence-electron chi connectivity index (χ2n) is 2.90. The number of nitrogens with two attached hydrogens (primary N) is 1. The first-order chi connectivity index (χ1) is 4.57. The summed E-state index contributed by atoms with van der Waals surface area (Å²) in [7, 11) is 0. The molecule has 0 aliphatic carbocycles. The molecular formula is C8H18N2. The number of hydrogen-bond donors (Lipinski definition) is 1. The van der Waals surface area contributed by atoms with Crippen molar-refractivity contribution in [1.29, 1.82) is 0 Å². The van der Waals surface area contributed by atoms with Gasteiger partial charge in [0.05, 0.1) is 11.9 Å². The molecule has 60 valence electrons. The molecule has 0 bridgehead atoms. The minimum Gasteiger partial charge on any atom is -0.388 e. The van der Waals surface area contributed by atoms with Crippen molar-refractivity contribution in [2.75, 3.05) is 0 Å². The van der Waals surface area contributed by atoms with Crippen molar-refractivity contribution in [2.45, 2.75) is 40.2 Å². The summed E-state index contributed by atoms with van der Waals surface area (Å²) >= 11 is 0. The summed E-state index contributed by atoms with van der Waals surface area (Å²) in [5.74, 6) is 1.33. The number of amidine groups is 1. The van der Waals surface area contributed by atoms with Gasteiger partial charge in [-0.25, -0.2) is 0 Å². The van der Waals surface area contributed by atoms with Gasteiger partial charge in [0.2, 0.25) is 0 Å². The summed E-state index contributed by atoms with van der Waals surface area (Å²) in [6, 6.07) is 0.370. The van der Waals surface area contributed by atoms with Gasteiger partial charge in [0.1, 0.15) is 0 Å². The zero-order valence-electron chi connectivity index (χ0n) is 7.39. The molecule has 2 N–H and O–H groups in total. The first-order valence-corrected chi connectivity index (χ1v) is 3.87. The standard InChI is InChI=1S/C8H18N2/c1-5-6(2)7(3)10-8(4)9/h6-7H,5H2,1-4H3,(H2,9,10). The lowest BCUT2D eigenvalue weighted by atomic mass is 10.0. The molecule has 2 heteroatoms. The third-order valence-corrected chi connectivity index (χ3v) is 1.87. The zero-order valence-corrected chi connectivity index (χ0v) is 7.39. The van der Waals surface area contributed by atoms with E-state index in [9.17, 15) is 0 Å². The first-order valence-electron chi connectivity index (χ1n) is 3.87. The fourth-order valence-corrected chi connectivity index (χ4v) is 0.790. The maximum atomic E-state index is 5.44. The van der Waals surface area contributed by atoms with Gasteiger partial charge in [-0.3, -0.25) is 4.99 Å². The van der Waals surface area contributed by atoms with Crippen molar-refractivity contribution < 1.29 is 0 Å². The van der Waals surface area contributed by atoms with E-state index in [1.54, 1.807) is 0 Å². The lowest BCUT2D eigenvalue weighted by Gasteiger charge is -2.13. The first kappa shape index (κ1) is 9.47. The van der Waals surface area contributed by atoms with Crippen LogP contribution < -0.4 is 5.73 Å². The van der Waals surface area contributed by atoms with Gasteiger partial charge in [-0.05, 0) is 19.8 Å². The number of hydrogen-bond acceptors (Lipinski definition) is 1. The minimum atomic E-state index is 0.370. The molecule has 0 saturated heterocycles. The lowest BCUT2D eigenvalue weighted by molar-refractivity contribution is 0.472. The van der Waals surface area contributed by atoms with Gasteiger partial charge >= 0.3 is 0 Å². The SMILES string of the molecule is CCC(C)C(C)N=C(C)N. The molecule has 2 unspecified atom stereocenters. The van der Waals surface area contributed by atoms with Gasteiger partial charge in [0, 0.05) is 0 Å². The normalized spacial score (nSPS) is 18.6. The molecule has 0 saturated carbocycles. The Morgan fingerprint density at radius 3 is 2.30 bits per heavy atom. The van der Waals surface area contributed by atoms with E-state index < -0.39 is 0 Å². The van der Waals surface area contributed by atoms with E-state index in [1.165, 1.54) is 0 Å². The largest absolute Gasteiger partial charge is 0.388 e. The van der Waals surface area contributed by atoms with Crippen LogP contribution in [0.5, 0.6) is 0 Å². The Balaban J connectivity index is 3.83. The average molecular weight is 142 g/mol. The molecule has 0 aromatic heterocycles. The van der Waals surface area contributed by atoms with Gasteiger partial charge in [-0.2, -0.15) is 0 Å². The molecule has 10 heavy (non-hydrogen) atoms. The Labute approximate surface area is 63.5 Å². The molecule has 0 aliphatic rings. The Bertz CT molecular complexity index is 114. The summed E-state index contributed by atoms with van der Waals surface area (Å²) < 4.78 is 0. The van der Waals surface area contributed by atoms with Crippen LogP contribution in [-0.2, 0) is 0 Å². The van der Waals surface area contributed by atoms with Crippen LogP contribution in [0, 0.1) is 5.92 Å². The molecule has 0 fully saturated rings. The van der Waals surface area contributed by atoms with Crippen molar-refractivity contribution in [3.05, 3.63) is 0 Å². The van der Waals surface area contributed by atoms with Gasteiger partial charge in [0.25, 0.3) is 0 Å². The number of rotatable bonds is 3. The highest BCUT2D eigenvalue weighted by molar-refractivity contribution is 5.77. The fourth-order valence-electron chi connectivity index (χ4n) is 0.790. The third-order valence-electron chi connectivity index (χ3n) is 1.87. The molecule has 0 aliphatic heterocycles. The van der Waals surface area contributed by atoms with Crippen LogP contribution in [0.25, 0.3) is 0 Å². The highest BCUT2D eigenvalue weighted by Crippen LogP contribution is 2.09. The predicted octanol–water partition coefficient (Wildman–Crippen LogP) is 1.80.